The number of rotatable bonds is 9. The molecule has 0 spiro atoms. The Morgan fingerprint density at radius 3 is 2.68 bits per heavy atom. The Morgan fingerprint density at radius 2 is 2.05 bits per heavy atom. The third-order valence-corrected chi connectivity index (χ3v) is 5.03. The van der Waals surface area contributed by atoms with E-state index in [-0.39, 0.29) is 5.91 Å². The summed E-state index contributed by atoms with van der Waals surface area (Å²) in [5.41, 5.74) is 5.62. The van der Waals surface area contributed by atoms with Crippen LogP contribution in [0.2, 0.25) is 0 Å². The number of nitrogens with two attached hydrogens (primary N) is 1. The van der Waals surface area contributed by atoms with E-state index in [1.165, 1.54) is 37.2 Å². The van der Waals surface area contributed by atoms with Crippen molar-refractivity contribution in [2.45, 2.75) is 51.9 Å². The molecule has 1 aliphatic rings. The van der Waals surface area contributed by atoms with Crippen LogP contribution in [0.15, 0.2) is 0 Å². The van der Waals surface area contributed by atoms with Gasteiger partial charge in [-0.1, -0.05) is 19.8 Å². The first-order valence-electron chi connectivity index (χ1n) is 7.80. The molecule has 0 aromatic rings. The van der Waals surface area contributed by atoms with Crippen LogP contribution in [0.5, 0.6) is 0 Å². The summed E-state index contributed by atoms with van der Waals surface area (Å²) in [4.78, 5) is 11.9. The van der Waals surface area contributed by atoms with Crippen LogP contribution in [-0.2, 0) is 4.79 Å². The maximum atomic E-state index is 11.9. The fourth-order valence-electron chi connectivity index (χ4n) is 2.71. The number of amides is 1. The van der Waals surface area contributed by atoms with Crippen molar-refractivity contribution in [3.63, 3.8) is 0 Å². The SMILES string of the molecule is CCCC(CCN)CCC(=O)NCC1CCSCC1. The van der Waals surface area contributed by atoms with Crippen LogP contribution in [0, 0.1) is 11.8 Å². The average Bonchev–Trinajstić information content (AvgIpc) is 2.44. The van der Waals surface area contributed by atoms with Crippen molar-refractivity contribution in [2.75, 3.05) is 24.6 Å². The molecule has 3 N–H and O–H groups in total. The molecule has 1 heterocycles. The zero-order valence-corrected chi connectivity index (χ0v) is 13.1. The first-order chi connectivity index (χ1) is 9.26. The smallest absolute Gasteiger partial charge is 0.220 e. The molecule has 0 aliphatic carbocycles. The van der Waals surface area contributed by atoms with Gasteiger partial charge in [-0.3, -0.25) is 4.79 Å². The van der Waals surface area contributed by atoms with E-state index in [0.29, 0.717) is 18.3 Å². The summed E-state index contributed by atoms with van der Waals surface area (Å²) in [6.07, 6.45) is 7.63. The molecule has 1 saturated heterocycles. The van der Waals surface area contributed by atoms with Crippen LogP contribution in [0.3, 0.4) is 0 Å². The second kappa shape index (κ2) is 10.6. The summed E-state index contributed by atoms with van der Waals surface area (Å²) in [6, 6.07) is 0. The number of nitrogens with one attached hydrogen (secondary N) is 1. The molecule has 1 aliphatic heterocycles. The Morgan fingerprint density at radius 1 is 1.32 bits per heavy atom. The molecule has 3 nitrogen and oxygen atoms in total. The van der Waals surface area contributed by atoms with Crippen LogP contribution in [-0.4, -0.2) is 30.5 Å². The lowest BCUT2D eigenvalue weighted by Gasteiger charge is -2.21. The lowest BCUT2D eigenvalue weighted by molar-refractivity contribution is -0.121. The maximum absolute atomic E-state index is 11.9. The van der Waals surface area contributed by atoms with E-state index in [1.54, 1.807) is 0 Å². The van der Waals surface area contributed by atoms with Gasteiger partial charge in [0, 0.05) is 13.0 Å². The zero-order chi connectivity index (χ0) is 13.9. The molecule has 1 atom stereocenters. The summed E-state index contributed by atoms with van der Waals surface area (Å²) in [5.74, 6) is 4.09. The summed E-state index contributed by atoms with van der Waals surface area (Å²) >= 11 is 2.03. The van der Waals surface area contributed by atoms with E-state index in [0.717, 1.165) is 25.9 Å². The molecule has 0 bridgehead atoms. The first kappa shape index (κ1) is 16.8. The van der Waals surface area contributed by atoms with Gasteiger partial charge in [0.2, 0.25) is 5.91 Å². The largest absolute Gasteiger partial charge is 0.356 e. The number of carbonyl (C=O) groups is 1. The normalized spacial score (nSPS) is 18.2. The Balaban J connectivity index is 2.11. The Labute approximate surface area is 122 Å². The quantitative estimate of drug-likeness (QED) is 0.685. The number of carbonyl (C=O) groups excluding carboxylic acids is 1. The molecule has 19 heavy (non-hydrogen) atoms. The fraction of sp³-hybridized carbons (Fsp3) is 0.933. The van der Waals surface area contributed by atoms with E-state index >= 15 is 0 Å². The monoisotopic (exact) mass is 286 g/mol. The van der Waals surface area contributed by atoms with Gasteiger partial charge in [-0.2, -0.15) is 11.8 Å². The highest BCUT2D eigenvalue weighted by molar-refractivity contribution is 7.99. The second-order valence-electron chi connectivity index (χ2n) is 5.63. The molecule has 0 aromatic carbocycles. The summed E-state index contributed by atoms with van der Waals surface area (Å²) < 4.78 is 0. The van der Waals surface area contributed by atoms with Gasteiger partial charge in [0.1, 0.15) is 0 Å². The van der Waals surface area contributed by atoms with E-state index in [1.807, 2.05) is 11.8 Å². The highest BCUT2D eigenvalue weighted by Gasteiger charge is 2.15. The molecule has 1 fully saturated rings. The van der Waals surface area contributed by atoms with Gasteiger partial charge in [-0.05, 0) is 55.6 Å². The van der Waals surface area contributed by atoms with Crippen molar-refractivity contribution in [3.8, 4) is 0 Å². The lowest BCUT2D eigenvalue weighted by Crippen LogP contribution is -2.31. The standard InChI is InChI=1S/C15H30N2OS/c1-2-3-13(6-9-16)4-5-15(18)17-12-14-7-10-19-11-8-14/h13-14H,2-12,16H2,1H3,(H,17,18). The summed E-state index contributed by atoms with van der Waals surface area (Å²) in [5, 5.41) is 3.11. The molecule has 0 radical (unpaired) electrons. The topological polar surface area (TPSA) is 55.1 Å². The Hall–Kier alpha value is -0.220. The number of hydrogen-bond donors (Lipinski definition) is 2. The lowest BCUT2D eigenvalue weighted by atomic mass is 9.94. The Bertz CT molecular complexity index is 236. The van der Waals surface area contributed by atoms with Crippen molar-refractivity contribution in [1.82, 2.24) is 5.32 Å². The number of hydrogen-bond acceptors (Lipinski definition) is 3. The van der Waals surface area contributed by atoms with Gasteiger partial charge in [0.15, 0.2) is 0 Å². The van der Waals surface area contributed by atoms with Crippen molar-refractivity contribution in [3.05, 3.63) is 0 Å². The zero-order valence-electron chi connectivity index (χ0n) is 12.3. The third kappa shape index (κ3) is 7.83. The predicted molar refractivity (Wildman–Crippen MR) is 84.4 cm³/mol. The molecular weight excluding hydrogens is 256 g/mol. The van der Waals surface area contributed by atoms with E-state index in [9.17, 15) is 4.79 Å². The van der Waals surface area contributed by atoms with Crippen LogP contribution in [0.25, 0.3) is 0 Å². The number of thioether (sulfide) groups is 1. The molecule has 4 heteroatoms. The summed E-state index contributed by atoms with van der Waals surface area (Å²) in [6.45, 7) is 3.82. The van der Waals surface area contributed by atoms with Crippen LogP contribution in [0.4, 0.5) is 0 Å². The van der Waals surface area contributed by atoms with Crippen LogP contribution in [0.1, 0.15) is 51.9 Å². The van der Waals surface area contributed by atoms with Crippen LogP contribution < -0.4 is 11.1 Å². The fourth-order valence-corrected chi connectivity index (χ4v) is 3.91. The highest BCUT2D eigenvalue weighted by atomic mass is 32.2. The molecule has 0 saturated carbocycles. The third-order valence-electron chi connectivity index (χ3n) is 3.98. The van der Waals surface area contributed by atoms with Gasteiger partial charge in [0.05, 0.1) is 0 Å². The minimum atomic E-state index is 0.233. The van der Waals surface area contributed by atoms with E-state index in [2.05, 4.69) is 12.2 Å². The average molecular weight is 286 g/mol. The van der Waals surface area contributed by atoms with Crippen molar-refractivity contribution >= 4 is 17.7 Å². The second-order valence-corrected chi connectivity index (χ2v) is 6.86. The van der Waals surface area contributed by atoms with Gasteiger partial charge in [-0.25, -0.2) is 0 Å². The van der Waals surface area contributed by atoms with Crippen molar-refractivity contribution in [2.24, 2.45) is 17.6 Å². The molecule has 112 valence electrons. The van der Waals surface area contributed by atoms with Crippen molar-refractivity contribution < 1.29 is 4.79 Å². The molecule has 0 aromatic heterocycles. The van der Waals surface area contributed by atoms with E-state index in [4.69, 9.17) is 5.73 Å². The Kier molecular flexibility index (Phi) is 9.35. The molecule has 1 amide bonds. The highest BCUT2D eigenvalue weighted by Crippen LogP contribution is 2.22. The maximum Gasteiger partial charge on any atom is 0.220 e. The summed E-state index contributed by atoms with van der Waals surface area (Å²) in [7, 11) is 0. The van der Waals surface area contributed by atoms with Gasteiger partial charge in [-0.15, -0.1) is 0 Å². The van der Waals surface area contributed by atoms with Gasteiger partial charge in [0.25, 0.3) is 0 Å². The van der Waals surface area contributed by atoms with Gasteiger partial charge < -0.3 is 11.1 Å². The molecule has 1 unspecified atom stereocenters. The first-order valence-corrected chi connectivity index (χ1v) is 8.96. The molecular formula is C15H30N2OS. The van der Waals surface area contributed by atoms with Crippen molar-refractivity contribution in [1.29, 1.82) is 0 Å². The van der Waals surface area contributed by atoms with Gasteiger partial charge >= 0.3 is 0 Å². The predicted octanol–water partition coefficient (Wildman–Crippen LogP) is 2.79. The minimum Gasteiger partial charge on any atom is -0.356 e. The van der Waals surface area contributed by atoms with Crippen LogP contribution >= 0.6 is 11.8 Å². The minimum absolute atomic E-state index is 0.233. The molecule has 1 rings (SSSR count). The van der Waals surface area contributed by atoms with E-state index < -0.39 is 0 Å².